The average molecular weight is 395 g/mol. The van der Waals surface area contributed by atoms with Crippen LogP contribution in [0.25, 0.3) is 0 Å². The molecule has 6 N–H and O–H groups in total. The summed E-state index contributed by atoms with van der Waals surface area (Å²) < 4.78 is 0. The number of aromatic carboxylic acids is 4. The van der Waals surface area contributed by atoms with E-state index in [4.69, 9.17) is 30.6 Å². The van der Waals surface area contributed by atoms with Crippen LogP contribution in [0.4, 0.5) is 0 Å². The van der Waals surface area contributed by atoms with Crippen LogP contribution in [0.5, 0.6) is 0 Å². The summed E-state index contributed by atoms with van der Waals surface area (Å²) in [7, 11) is 0. The van der Waals surface area contributed by atoms with Crippen molar-refractivity contribution in [2.24, 2.45) is 0 Å². The number of hydrogen-bond acceptors (Lipinski definition) is 7. The molecule has 0 aliphatic carbocycles. The lowest BCUT2D eigenvalue weighted by atomic mass is 10.1. The van der Waals surface area contributed by atoms with Gasteiger partial charge < -0.3 is 30.6 Å². The van der Waals surface area contributed by atoms with Crippen molar-refractivity contribution >= 4 is 23.9 Å². The number of carbonyl (C=O) groups is 4. The molecule has 1 heterocycles. The van der Waals surface area contributed by atoms with Crippen molar-refractivity contribution in [3.8, 4) is 0 Å². The molecular formula is C17H17NO10. The second kappa shape index (κ2) is 12.5. The van der Waals surface area contributed by atoms with Crippen LogP contribution in [0.15, 0.2) is 42.6 Å². The molecule has 0 radical (unpaired) electrons. The fourth-order valence-electron chi connectivity index (χ4n) is 1.50. The number of aliphatic hydroxyl groups excluding tert-OH is 2. The summed E-state index contributed by atoms with van der Waals surface area (Å²) in [5, 5.41) is 49.2. The van der Waals surface area contributed by atoms with Crippen molar-refractivity contribution in [1.29, 1.82) is 0 Å². The molecule has 0 unspecified atom stereocenters. The molecule has 0 bridgehead atoms. The highest BCUT2D eigenvalue weighted by Gasteiger charge is 2.15. The number of carboxylic acids is 4. The maximum absolute atomic E-state index is 10.4. The smallest absolute Gasteiger partial charge is 0.355 e. The minimum atomic E-state index is -1.34. The van der Waals surface area contributed by atoms with Gasteiger partial charge >= 0.3 is 23.9 Å². The molecule has 0 atom stereocenters. The van der Waals surface area contributed by atoms with E-state index in [0.29, 0.717) is 0 Å². The van der Waals surface area contributed by atoms with Gasteiger partial charge in [-0.25, -0.2) is 24.2 Å². The van der Waals surface area contributed by atoms with Crippen LogP contribution in [0.2, 0.25) is 0 Å². The number of hydrogen-bond donors (Lipinski definition) is 6. The summed E-state index contributed by atoms with van der Waals surface area (Å²) in [6.45, 7) is -0.250. The molecule has 11 heteroatoms. The van der Waals surface area contributed by atoms with E-state index in [1.165, 1.54) is 42.6 Å². The molecule has 2 rings (SSSR count). The Hall–Kier alpha value is -3.83. The van der Waals surface area contributed by atoms with E-state index in [1.807, 2.05) is 0 Å². The predicted molar refractivity (Wildman–Crippen MR) is 92.7 cm³/mol. The molecule has 0 aliphatic rings. The SMILES string of the molecule is O=C(O)c1ccc(C(=O)O)cc1.O=C(O)c1cccnc1C(=O)O.OCCO. The number of pyridine rings is 1. The maximum Gasteiger partial charge on any atom is 0.355 e. The van der Waals surface area contributed by atoms with Gasteiger partial charge in [0, 0.05) is 6.20 Å². The van der Waals surface area contributed by atoms with Crippen LogP contribution >= 0.6 is 0 Å². The summed E-state index contributed by atoms with van der Waals surface area (Å²) in [5.74, 6) is -4.76. The van der Waals surface area contributed by atoms with E-state index in [1.54, 1.807) is 0 Å². The molecule has 0 aliphatic heterocycles. The number of carboxylic acid groups (broad SMARTS) is 4. The Kier molecular flexibility index (Phi) is 10.8. The highest BCUT2D eigenvalue weighted by atomic mass is 16.4. The van der Waals surface area contributed by atoms with Crippen LogP contribution in [-0.4, -0.2) is 72.7 Å². The molecule has 2 aromatic rings. The second-order valence-electron chi connectivity index (χ2n) is 4.64. The van der Waals surface area contributed by atoms with Crippen molar-refractivity contribution < 1.29 is 49.8 Å². The van der Waals surface area contributed by atoms with Crippen LogP contribution in [0.3, 0.4) is 0 Å². The van der Waals surface area contributed by atoms with Gasteiger partial charge in [-0.2, -0.15) is 0 Å². The van der Waals surface area contributed by atoms with Gasteiger partial charge in [-0.3, -0.25) is 0 Å². The second-order valence-corrected chi connectivity index (χ2v) is 4.64. The molecule has 1 aromatic heterocycles. The average Bonchev–Trinajstić information content (AvgIpc) is 2.68. The minimum absolute atomic E-state index is 0.0833. The van der Waals surface area contributed by atoms with Crippen LogP contribution < -0.4 is 0 Å². The summed E-state index contributed by atoms with van der Waals surface area (Å²) in [6.07, 6.45) is 1.23. The topological polar surface area (TPSA) is 203 Å². The Morgan fingerprint density at radius 1 is 0.679 bits per heavy atom. The van der Waals surface area contributed by atoms with Gasteiger partial charge in [0.05, 0.1) is 29.9 Å². The van der Waals surface area contributed by atoms with Gasteiger partial charge in [-0.1, -0.05) is 0 Å². The van der Waals surface area contributed by atoms with Crippen LogP contribution in [0.1, 0.15) is 41.6 Å². The van der Waals surface area contributed by atoms with Crippen molar-refractivity contribution in [3.63, 3.8) is 0 Å². The molecule has 0 saturated carbocycles. The molecule has 150 valence electrons. The van der Waals surface area contributed by atoms with Crippen molar-refractivity contribution in [2.45, 2.75) is 0 Å². The van der Waals surface area contributed by atoms with Gasteiger partial charge in [0.1, 0.15) is 0 Å². The molecule has 28 heavy (non-hydrogen) atoms. The van der Waals surface area contributed by atoms with E-state index in [0.717, 1.165) is 0 Å². The molecule has 0 spiro atoms. The molecular weight excluding hydrogens is 378 g/mol. The number of benzene rings is 1. The fraction of sp³-hybridized carbons (Fsp3) is 0.118. The maximum atomic E-state index is 10.4. The first-order valence-electron chi connectivity index (χ1n) is 7.35. The zero-order chi connectivity index (χ0) is 21.7. The lowest BCUT2D eigenvalue weighted by molar-refractivity contribution is 0.0646. The zero-order valence-electron chi connectivity index (χ0n) is 14.2. The third-order valence-electron chi connectivity index (χ3n) is 2.72. The summed E-state index contributed by atoms with van der Waals surface area (Å²) in [6, 6.07) is 7.59. The highest BCUT2D eigenvalue weighted by molar-refractivity contribution is 6.00. The number of nitrogens with zero attached hydrogens (tertiary/aromatic N) is 1. The summed E-state index contributed by atoms with van der Waals surface area (Å²) in [4.78, 5) is 44.9. The van der Waals surface area contributed by atoms with E-state index < -0.39 is 29.6 Å². The largest absolute Gasteiger partial charge is 0.478 e. The molecule has 11 nitrogen and oxygen atoms in total. The molecule has 0 amide bonds. The molecule has 0 saturated heterocycles. The normalized spacial score (nSPS) is 9.07. The van der Waals surface area contributed by atoms with Gasteiger partial charge in [-0.15, -0.1) is 0 Å². The zero-order valence-corrected chi connectivity index (χ0v) is 14.2. The Labute approximate surface area is 157 Å². The highest BCUT2D eigenvalue weighted by Crippen LogP contribution is 2.05. The first-order chi connectivity index (χ1) is 13.1. The van der Waals surface area contributed by atoms with E-state index >= 15 is 0 Å². The van der Waals surface area contributed by atoms with Crippen molar-refractivity contribution in [1.82, 2.24) is 4.98 Å². The third kappa shape index (κ3) is 8.51. The minimum Gasteiger partial charge on any atom is -0.478 e. The first kappa shape index (κ1) is 24.2. The predicted octanol–water partition coefficient (Wildman–Crippen LogP) is 0.532. The quantitative estimate of drug-likeness (QED) is 0.412. The van der Waals surface area contributed by atoms with Gasteiger partial charge in [-0.05, 0) is 36.4 Å². The summed E-state index contributed by atoms with van der Waals surface area (Å²) >= 11 is 0. The third-order valence-corrected chi connectivity index (χ3v) is 2.72. The molecule has 0 fully saturated rings. The van der Waals surface area contributed by atoms with E-state index in [2.05, 4.69) is 4.98 Å². The van der Waals surface area contributed by atoms with Gasteiger partial charge in [0.25, 0.3) is 0 Å². The fourth-order valence-corrected chi connectivity index (χ4v) is 1.50. The lowest BCUT2D eigenvalue weighted by Gasteiger charge is -1.97. The number of aliphatic hydroxyl groups is 2. The Balaban J connectivity index is 0.000000439. The van der Waals surface area contributed by atoms with Gasteiger partial charge in [0.15, 0.2) is 5.69 Å². The Morgan fingerprint density at radius 2 is 1.11 bits per heavy atom. The lowest BCUT2D eigenvalue weighted by Crippen LogP contribution is -2.09. The Bertz CT molecular complexity index is 749. The number of rotatable bonds is 5. The van der Waals surface area contributed by atoms with E-state index in [9.17, 15) is 19.2 Å². The Morgan fingerprint density at radius 3 is 1.36 bits per heavy atom. The van der Waals surface area contributed by atoms with Crippen LogP contribution in [0, 0.1) is 0 Å². The first-order valence-corrected chi connectivity index (χ1v) is 7.35. The molecule has 1 aromatic carbocycles. The number of aromatic nitrogens is 1. The van der Waals surface area contributed by atoms with Crippen molar-refractivity contribution in [2.75, 3.05) is 13.2 Å². The monoisotopic (exact) mass is 395 g/mol. The standard InChI is InChI=1S/C8H6O4.C7H5NO4.C2H6O2/c9-7(10)5-1-2-6(4-3-5)8(11)12;9-6(10)4-2-1-3-8-5(4)7(11)12;3-1-2-4/h1-4H,(H,9,10)(H,11,12);1-3H,(H,9,10)(H,11,12);3-4H,1-2H2. The van der Waals surface area contributed by atoms with Gasteiger partial charge in [0.2, 0.25) is 0 Å². The van der Waals surface area contributed by atoms with Crippen molar-refractivity contribution in [3.05, 3.63) is 65.0 Å². The van der Waals surface area contributed by atoms with E-state index in [-0.39, 0.29) is 29.9 Å². The summed E-state index contributed by atoms with van der Waals surface area (Å²) in [5.41, 5.74) is -0.574. The van der Waals surface area contributed by atoms with Crippen LogP contribution in [-0.2, 0) is 0 Å².